The predicted octanol–water partition coefficient (Wildman–Crippen LogP) is 2.77. The monoisotopic (exact) mass is 273 g/mol. The van der Waals surface area contributed by atoms with Crippen molar-refractivity contribution in [1.82, 2.24) is 14.9 Å². The number of rotatable bonds is 7. The van der Waals surface area contributed by atoms with Gasteiger partial charge in [0.05, 0.1) is 12.9 Å². The van der Waals surface area contributed by atoms with Gasteiger partial charge in [0.2, 0.25) is 0 Å². The van der Waals surface area contributed by atoms with Gasteiger partial charge in [0.25, 0.3) is 0 Å². The molecule has 0 atom stereocenters. The average molecular weight is 273 g/mol. The van der Waals surface area contributed by atoms with Crippen LogP contribution in [0.25, 0.3) is 0 Å². The summed E-state index contributed by atoms with van der Waals surface area (Å²) >= 11 is 0. The molecule has 1 heterocycles. The van der Waals surface area contributed by atoms with Crippen LogP contribution < -0.4 is 10.1 Å². The highest BCUT2D eigenvalue weighted by atomic mass is 16.5. The molecule has 1 N–H and O–H groups in total. The van der Waals surface area contributed by atoms with Crippen LogP contribution in [0, 0.1) is 6.92 Å². The fourth-order valence-electron chi connectivity index (χ4n) is 1.98. The van der Waals surface area contributed by atoms with Crippen LogP contribution in [-0.4, -0.2) is 22.2 Å². The van der Waals surface area contributed by atoms with Crippen molar-refractivity contribution in [2.24, 2.45) is 0 Å². The fourth-order valence-corrected chi connectivity index (χ4v) is 1.98. The molecule has 1 aromatic heterocycles. The van der Waals surface area contributed by atoms with E-state index in [0.717, 1.165) is 18.8 Å². The molecular weight excluding hydrogens is 250 g/mol. The van der Waals surface area contributed by atoms with Crippen LogP contribution in [0.1, 0.15) is 25.0 Å². The SMILES string of the molecule is Cc1ccc(OCCn2ccnc2)c(CNC(C)C)c1. The van der Waals surface area contributed by atoms with E-state index >= 15 is 0 Å². The zero-order valence-corrected chi connectivity index (χ0v) is 12.5. The van der Waals surface area contributed by atoms with Gasteiger partial charge in [0.1, 0.15) is 12.4 Å². The Hall–Kier alpha value is -1.81. The van der Waals surface area contributed by atoms with Gasteiger partial charge in [-0.25, -0.2) is 4.98 Å². The van der Waals surface area contributed by atoms with E-state index in [1.807, 2.05) is 10.8 Å². The second-order valence-electron chi connectivity index (χ2n) is 5.30. The Morgan fingerprint density at radius 1 is 1.35 bits per heavy atom. The van der Waals surface area contributed by atoms with Crippen LogP contribution in [0.4, 0.5) is 0 Å². The number of benzene rings is 1. The summed E-state index contributed by atoms with van der Waals surface area (Å²) in [5.41, 5.74) is 2.47. The lowest BCUT2D eigenvalue weighted by Gasteiger charge is -2.14. The van der Waals surface area contributed by atoms with Crippen LogP contribution in [0.3, 0.4) is 0 Å². The highest BCUT2D eigenvalue weighted by molar-refractivity contribution is 5.36. The van der Waals surface area contributed by atoms with Gasteiger partial charge in [0.15, 0.2) is 0 Å². The first kappa shape index (κ1) is 14.6. The Morgan fingerprint density at radius 2 is 2.20 bits per heavy atom. The maximum absolute atomic E-state index is 5.91. The third-order valence-corrected chi connectivity index (χ3v) is 3.08. The summed E-state index contributed by atoms with van der Waals surface area (Å²) in [5, 5.41) is 3.44. The molecule has 20 heavy (non-hydrogen) atoms. The van der Waals surface area contributed by atoms with Crippen molar-refractivity contribution in [2.75, 3.05) is 6.61 Å². The molecule has 2 rings (SSSR count). The molecule has 4 heteroatoms. The zero-order valence-electron chi connectivity index (χ0n) is 12.5. The molecule has 1 aromatic carbocycles. The second kappa shape index (κ2) is 7.10. The molecule has 2 aromatic rings. The van der Waals surface area contributed by atoms with Gasteiger partial charge < -0.3 is 14.6 Å². The fraction of sp³-hybridized carbons (Fsp3) is 0.438. The van der Waals surface area contributed by atoms with Crippen LogP contribution >= 0.6 is 0 Å². The van der Waals surface area contributed by atoms with E-state index in [2.05, 4.69) is 49.3 Å². The summed E-state index contributed by atoms with van der Waals surface area (Å²) in [7, 11) is 0. The first-order chi connectivity index (χ1) is 9.65. The maximum Gasteiger partial charge on any atom is 0.123 e. The van der Waals surface area contributed by atoms with Crippen LogP contribution in [0.15, 0.2) is 36.9 Å². The summed E-state index contributed by atoms with van der Waals surface area (Å²) in [6, 6.07) is 6.79. The number of imidazole rings is 1. The molecule has 0 aliphatic rings. The van der Waals surface area contributed by atoms with Crippen molar-refractivity contribution in [2.45, 2.75) is 39.9 Å². The van der Waals surface area contributed by atoms with Gasteiger partial charge in [-0.05, 0) is 13.0 Å². The van der Waals surface area contributed by atoms with Gasteiger partial charge in [-0.1, -0.05) is 31.5 Å². The Bertz CT molecular complexity index is 521. The minimum atomic E-state index is 0.467. The van der Waals surface area contributed by atoms with Crippen molar-refractivity contribution >= 4 is 0 Å². The van der Waals surface area contributed by atoms with Crippen LogP contribution in [-0.2, 0) is 13.1 Å². The van der Waals surface area contributed by atoms with Crippen molar-refractivity contribution in [1.29, 1.82) is 0 Å². The summed E-state index contributed by atoms with van der Waals surface area (Å²) in [4.78, 5) is 4.02. The lowest BCUT2D eigenvalue weighted by molar-refractivity contribution is 0.294. The molecule has 0 saturated heterocycles. The topological polar surface area (TPSA) is 39.1 Å². The highest BCUT2D eigenvalue weighted by Gasteiger charge is 2.05. The molecule has 0 amide bonds. The molecule has 0 aliphatic carbocycles. The van der Waals surface area contributed by atoms with E-state index < -0.39 is 0 Å². The second-order valence-corrected chi connectivity index (χ2v) is 5.30. The van der Waals surface area contributed by atoms with Gasteiger partial charge in [-0.15, -0.1) is 0 Å². The maximum atomic E-state index is 5.91. The summed E-state index contributed by atoms with van der Waals surface area (Å²) < 4.78 is 7.92. The Morgan fingerprint density at radius 3 is 2.90 bits per heavy atom. The smallest absolute Gasteiger partial charge is 0.123 e. The molecule has 0 radical (unpaired) electrons. The first-order valence-corrected chi connectivity index (χ1v) is 7.06. The Balaban J connectivity index is 1.95. The Labute approximate surface area is 120 Å². The first-order valence-electron chi connectivity index (χ1n) is 7.06. The van der Waals surface area contributed by atoms with E-state index in [-0.39, 0.29) is 0 Å². The number of hydrogen-bond donors (Lipinski definition) is 1. The van der Waals surface area contributed by atoms with E-state index in [1.165, 1.54) is 11.1 Å². The third kappa shape index (κ3) is 4.38. The molecule has 108 valence electrons. The van der Waals surface area contributed by atoms with Crippen molar-refractivity contribution < 1.29 is 4.74 Å². The molecule has 0 bridgehead atoms. The predicted molar refractivity (Wildman–Crippen MR) is 80.9 cm³/mol. The molecule has 0 unspecified atom stereocenters. The molecule has 0 spiro atoms. The largest absolute Gasteiger partial charge is 0.491 e. The van der Waals surface area contributed by atoms with E-state index in [1.54, 1.807) is 12.5 Å². The Kier molecular flexibility index (Phi) is 5.18. The average Bonchev–Trinajstić information content (AvgIpc) is 2.91. The van der Waals surface area contributed by atoms with Crippen molar-refractivity contribution in [3.8, 4) is 5.75 Å². The summed E-state index contributed by atoms with van der Waals surface area (Å²) in [6.07, 6.45) is 5.53. The van der Waals surface area contributed by atoms with Gasteiger partial charge in [-0.3, -0.25) is 0 Å². The minimum absolute atomic E-state index is 0.467. The molecule has 0 saturated carbocycles. The van der Waals surface area contributed by atoms with E-state index in [0.29, 0.717) is 12.6 Å². The minimum Gasteiger partial charge on any atom is -0.491 e. The number of hydrogen-bond acceptors (Lipinski definition) is 3. The van der Waals surface area contributed by atoms with Crippen LogP contribution in [0.5, 0.6) is 5.75 Å². The van der Waals surface area contributed by atoms with Gasteiger partial charge in [0, 0.05) is 30.5 Å². The molecule has 4 nitrogen and oxygen atoms in total. The lowest BCUT2D eigenvalue weighted by Crippen LogP contribution is -2.22. The summed E-state index contributed by atoms with van der Waals surface area (Å²) in [6.45, 7) is 8.69. The van der Waals surface area contributed by atoms with Crippen molar-refractivity contribution in [3.63, 3.8) is 0 Å². The molecular formula is C16H23N3O. The quantitative estimate of drug-likeness (QED) is 0.843. The molecule has 0 aliphatic heterocycles. The normalized spacial score (nSPS) is 11.0. The van der Waals surface area contributed by atoms with Crippen molar-refractivity contribution in [3.05, 3.63) is 48.0 Å². The number of aromatic nitrogens is 2. The number of nitrogens with zero attached hydrogens (tertiary/aromatic N) is 2. The number of nitrogens with one attached hydrogen (secondary N) is 1. The standard InChI is InChI=1S/C16H23N3O/c1-13(2)18-11-15-10-14(3)4-5-16(15)20-9-8-19-7-6-17-12-19/h4-7,10,12-13,18H,8-9,11H2,1-3H3. The van der Waals surface area contributed by atoms with E-state index in [9.17, 15) is 0 Å². The van der Waals surface area contributed by atoms with Crippen LogP contribution in [0.2, 0.25) is 0 Å². The third-order valence-electron chi connectivity index (χ3n) is 3.08. The van der Waals surface area contributed by atoms with E-state index in [4.69, 9.17) is 4.74 Å². The molecule has 0 fully saturated rings. The lowest BCUT2D eigenvalue weighted by atomic mass is 10.1. The number of ether oxygens (including phenoxy) is 1. The van der Waals surface area contributed by atoms with Gasteiger partial charge >= 0.3 is 0 Å². The summed E-state index contributed by atoms with van der Waals surface area (Å²) in [5.74, 6) is 0.962. The number of aryl methyl sites for hydroxylation is 1. The zero-order chi connectivity index (χ0) is 14.4. The van der Waals surface area contributed by atoms with Gasteiger partial charge in [-0.2, -0.15) is 0 Å². The highest BCUT2D eigenvalue weighted by Crippen LogP contribution is 2.20.